The molecule has 1 aliphatic carbocycles. The topological polar surface area (TPSA) is 80.9 Å². The molecule has 1 N–H and O–H groups in total. The third-order valence-electron chi connectivity index (χ3n) is 2.90. The van der Waals surface area contributed by atoms with E-state index in [1.807, 2.05) is 12.1 Å². The summed E-state index contributed by atoms with van der Waals surface area (Å²) >= 11 is 0. The van der Waals surface area contributed by atoms with E-state index >= 15 is 0 Å². The lowest BCUT2D eigenvalue weighted by atomic mass is 10.2. The van der Waals surface area contributed by atoms with E-state index in [0.717, 1.165) is 18.4 Å². The lowest BCUT2D eigenvalue weighted by Gasteiger charge is -1.99. The Morgan fingerprint density at radius 3 is 3.11 bits per heavy atom. The molecule has 1 amide bonds. The molecular weight excluding hydrogens is 244 g/mol. The summed E-state index contributed by atoms with van der Waals surface area (Å²) in [6.07, 6.45) is 6.40. The fraction of sp³-hybridized carbons (Fsp3) is 0.385. The van der Waals surface area contributed by atoms with Crippen LogP contribution in [0, 0.1) is 0 Å². The number of nitrogens with one attached hydrogen (secondary N) is 1. The number of carbonyl (C=O) groups excluding carboxylic acids is 1. The van der Waals surface area contributed by atoms with E-state index in [9.17, 15) is 4.79 Å². The Bertz CT molecular complexity index is 563. The van der Waals surface area contributed by atoms with Gasteiger partial charge in [0.05, 0.1) is 0 Å². The first-order valence-corrected chi connectivity index (χ1v) is 6.33. The van der Waals surface area contributed by atoms with E-state index in [1.165, 1.54) is 0 Å². The predicted molar refractivity (Wildman–Crippen MR) is 67.0 cm³/mol. The van der Waals surface area contributed by atoms with Gasteiger partial charge in [-0.25, -0.2) is 0 Å². The first kappa shape index (κ1) is 11.8. The zero-order valence-electron chi connectivity index (χ0n) is 10.4. The molecule has 0 atom stereocenters. The van der Waals surface area contributed by atoms with Crippen LogP contribution in [-0.4, -0.2) is 27.1 Å². The number of nitrogens with zero attached hydrogens (tertiary/aromatic N) is 3. The number of amides is 1. The van der Waals surface area contributed by atoms with E-state index in [1.54, 1.807) is 12.4 Å². The third-order valence-corrected chi connectivity index (χ3v) is 2.90. The van der Waals surface area contributed by atoms with Gasteiger partial charge in [-0.2, -0.15) is 4.98 Å². The number of carbonyl (C=O) groups is 1. The van der Waals surface area contributed by atoms with Gasteiger partial charge in [-0.05, 0) is 25.0 Å². The number of hydrogen-bond acceptors (Lipinski definition) is 5. The molecule has 0 radical (unpaired) electrons. The van der Waals surface area contributed by atoms with Gasteiger partial charge in [-0.3, -0.25) is 9.78 Å². The number of aromatic nitrogens is 3. The van der Waals surface area contributed by atoms with E-state index in [4.69, 9.17) is 4.52 Å². The molecule has 98 valence electrons. The molecule has 2 aromatic heterocycles. The highest BCUT2D eigenvalue weighted by molar-refractivity contribution is 5.76. The minimum Gasteiger partial charge on any atom is -0.353 e. The highest BCUT2D eigenvalue weighted by atomic mass is 16.5. The van der Waals surface area contributed by atoms with Crippen molar-refractivity contribution in [3.63, 3.8) is 0 Å². The monoisotopic (exact) mass is 258 g/mol. The molecule has 0 aliphatic heterocycles. The Kier molecular flexibility index (Phi) is 3.22. The van der Waals surface area contributed by atoms with Crippen LogP contribution in [0.3, 0.4) is 0 Å². The van der Waals surface area contributed by atoms with Crippen molar-refractivity contribution < 1.29 is 9.32 Å². The summed E-state index contributed by atoms with van der Waals surface area (Å²) in [4.78, 5) is 19.8. The summed E-state index contributed by atoms with van der Waals surface area (Å²) in [5.41, 5.74) is 0.805. The maximum atomic E-state index is 11.5. The van der Waals surface area contributed by atoms with Crippen LogP contribution in [0.1, 0.15) is 25.2 Å². The molecular formula is C13H14N4O2. The largest absolute Gasteiger partial charge is 0.353 e. The number of rotatable bonds is 5. The van der Waals surface area contributed by atoms with Gasteiger partial charge < -0.3 is 9.84 Å². The molecule has 19 heavy (non-hydrogen) atoms. The van der Waals surface area contributed by atoms with Gasteiger partial charge in [0.1, 0.15) is 0 Å². The summed E-state index contributed by atoms with van der Waals surface area (Å²) in [6.45, 7) is 0. The smallest absolute Gasteiger partial charge is 0.227 e. The van der Waals surface area contributed by atoms with Gasteiger partial charge in [0.25, 0.3) is 0 Å². The molecule has 0 spiro atoms. The molecule has 6 nitrogen and oxygen atoms in total. The molecule has 6 heteroatoms. The fourth-order valence-corrected chi connectivity index (χ4v) is 1.72. The lowest BCUT2D eigenvalue weighted by Crippen LogP contribution is -2.25. The Labute approximate surface area is 110 Å². The number of aryl methyl sites for hydroxylation is 1. The standard InChI is InChI=1S/C13H14N4O2/c18-11(15-10-3-4-10)5-6-12-16-13(17-19-12)9-2-1-7-14-8-9/h1-2,7-8,10H,3-6H2,(H,15,18). The number of pyridine rings is 1. The quantitative estimate of drug-likeness (QED) is 0.875. The summed E-state index contributed by atoms with van der Waals surface area (Å²) in [7, 11) is 0. The van der Waals surface area contributed by atoms with Gasteiger partial charge in [0, 0.05) is 36.8 Å². The predicted octanol–water partition coefficient (Wildman–Crippen LogP) is 1.34. The van der Waals surface area contributed by atoms with E-state index in [2.05, 4.69) is 20.4 Å². The van der Waals surface area contributed by atoms with Crippen LogP contribution in [0.5, 0.6) is 0 Å². The molecule has 1 aliphatic rings. The van der Waals surface area contributed by atoms with Crippen molar-refractivity contribution in [3.8, 4) is 11.4 Å². The number of hydrogen-bond donors (Lipinski definition) is 1. The van der Waals surface area contributed by atoms with Crippen LogP contribution in [0.25, 0.3) is 11.4 Å². The van der Waals surface area contributed by atoms with Crippen LogP contribution >= 0.6 is 0 Å². The molecule has 0 aromatic carbocycles. The summed E-state index contributed by atoms with van der Waals surface area (Å²) in [5, 5.41) is 6.80. The Morgan fingerprint density at radius 2 is 2.37 bits per heavy atom. The fourth-order valence-electron chi connectivity index (χ4n) is 1.72. The van der Waals surface area contributed by atoms with E-state index in [0.29, 0.717) is 30.6 Å². The highest BCUT2D eigenvalue weighted by Crippen LogP contribution is 2.19. The van der Waals surface area contributed by atoms with Gasteiger partial charge in [-0.15, -0.1) is 0 Å². The van der Waals surface area contributed by atoms with Crippen molar-refractivity contribution >= 4 is 5.91 Å². The average molecular weight is 258 g/mol. The second kappa shape index (κ2) is 5.17. The Morgan fingerprint density at radius 1 is 1.47 bits per heavy atom. The maximum absolute atomic E-state index is 11.5. The highest BCUT2D eigenvalue weighted by Gasteiger charge is 2.23. The minimum atomic E-state index is 0.0450. The second-order valence-corrected chi connectivity index (χ2v) is 4.60. The zero-order chi connectivity index (χ0) is 13.1. The van der Waals surface area contributed by atoms with Crippen molar-refractivity contribution in [2.45, 2.75) is 31.7 Å². The van der Waals surface area contributed by atoms with Gasteiger partial charge >= 0.3 is 0 Å². The van der Waals surface area contributed by atoms with E-state index in [-0.39, 0.29) is 5.91 Å². The van der Waals surface area contributed by atoms with E-state index < -0.39 is 0 Å². The summed E-state index contributed by atoms with van der Waals surface area (Å²) in [5.74, 6) is 1.03. The molecule has 0 saturated heterocycles. The van der Waals surface area contributed by atoms with Crippen molar-refractivity contribution in [3.05, 3.63) is 30.4 Å². The van der Waals surface area contributed by atoms with Crippen LogP contribution in [-0.2, 0) is 11.2 Å². The molecule has 0 unspecified atom stereocenters. The molecule has 3 rings (SSSR count). The van der Waals surface area contributed by atoms with Crippen molar-refractivity contribution in [2.24, 2.45) is 0 Å². The molecule has 2 heterocycles. The van der Waals surface area contributed by atoms with Crippen LogP contribution in [0.2, 0.25) is 0 Å². The van der Waals surface area contributed by atoms with Crippen LogP contribution < -0.4 is 5.32 Å². The Balaban J connectivity index is 1.57. The van der Waals surface area contributed by atoms with Gasteiger partial charge in [0.15, 0.2) is 0 Å². The Hall–Kier alpha value is -2.24. The summed E-state index contributed by atoms with van der Waals surface area (Å²) < 4.78 is 5.12. The average Bonchev–Trinajstić information content (AvgIpc) is 3.12. The maximum Gasteiger partial charge on any atom is 0.227 e. The van der Waals surface area contributed by atoms with Gasteiger partial charge in [-0.1, -0.05) is 5.16 Å². The van der Waals surface area contributed by atoms with Crippen LogP contribution in [0.15, 0.2) is 29.0 Å². The van der Waals surface area contributed by atoms with Crippen molar-refractivity contribution in [2.75, 3.05) is 0 Å². The zero-order valence-corrected chi connectivity index (χ0v) is 10.4. The van der Waals surface area contributed by atoms with Gasteiger partial charge in [0.2, 0.25) is 17.6 Å². The lowest BCUT2D eigenvalue weighted by molar-refractivity contribution is -0.121. The minimum absolute atomic E-state index is 0.0450. The third kappa shape index (κ3) is 3.15. The first-order chi connectivity index (χ1) is 9.31. The molecule has 1 saturated carbocycles. The van der Waals surface area contributed by atoms with Crippen molar-refractivity contribution in [1.82, 2.24) is 20.4 Å². The molecule has 2 aromatic rings. The molecule has 0 bridgehead atoms. The summed E-state index contributed by atoms with van der Waals surface area (Å²) in [6, 6.07) is 4.07. The van der Waals surface area contributed by atoms with Crippen LogP contribution in [0.4, 0.5) is 0 Å². The molecule has 1 fully saturated rings. The second-order valence-electron chi connectivity index (χ2n) is 4.60. The van der Waals surface area contributed by atoms with Crippen molar-refractivity contribution in [1.29, 1.82) is 0 Å². The first-order valence-electron chi connectivity index (χ1n) is 6.33. The SMILES string of the molecule is O=C(CCc1nc(-c2cccnc2)no1)NC1CC1. The normalized spacial score (nSPS) is 14.3.